The summed E-state index contributed by atoms with van der Waals surface area (Å²) in [5.74, 6) is -0.574. The van der Waals surface area contributed by atoms with Crippen molar-refractivity contribution in [2.24, 2.45) is 0 Å². The zero-order valence-electron chi connectivity index (χ0n) is 15.9. The van der Waals surface area contributed by atoms with Crippen molar-refractivity contribution < 1.29 is 50.0 Å². The standard InChI is InChI=1S/C11H22O6.C6H14O4/c1-2-3-4-5-7(13)9(15)11(17)10(16)8(14)6-12;7-1-3-9-5-6-10-4-2-8/h8-12,14-17H,2-6H2,1H3;7-8H,1-6H2. The summed E-state index contributed by atoms with van der Waals surface area (Å²) in [6.07, 6.45) is -4.34. The van der Waals surface area contributed by atoms with Crippen molar-refractivity contribution in [3.63, 3.8) is 0 Å². The molecule has 0 saturated heterocycles. The summed E-state index contributed by atoms with van der Waals surface area (Å²) in [6, 6.07) is 0. The number of unbranched alkanes of at least 4 members (excludes halogenated alkanes) is 2. The van der Waals surface area contributed by atoms with E-state index >= 15 is 0 Å². The molecule has 10 heteroatoms. The van der Waals surface area contributed by atoms with Gasteiger partial charge in [0, 0.05) is 6.42 Å². The topological polar surface area (TPSA) is 177 Å². The molecule has 0 aliphatic rings. The Bertz CT molecular complexity index is 321. The number of ether oxygens (including phenoxy) is 2. The van der Waals surface area contributed by atoms with Crippen molar-refractivity contribution in [3.05, 3.63) is 0 Å². The van der Waals surface area contributed by atoms with Crippen molar-refractivity contribution in [2.75, 3.05) is 46.2 Å². The van der Waals surface area contributed by atoms with Crippen LogP contribution in [0.4, 0.5) is 0 Å². The Balaban J connectivity index is 0. The van der Waals surface area contributed by atoms with Crippen molar-refractivity contribution in [3.8, 4) is 0 Å². The highest BCUT2D eigenvalue weighted by Gasteiger charge is 2.33. The first-order chi connectivity index (χ1) is 12.9. The minimum atomic E-state index is -1.79. The van der Waals surface area contributed by atoms with E-state index in [2.05, 4.69) is 0 Å². The van der Waals surface area contributed by atoms with Gasteiger partial charge >= 0.3 is 0 Å². The Morgan fingerprint density at radius 2 is 1.33 bits per heavy atom. The number of hydrogen-bond donors (Lipinski definition) is 7. The lowest BCUT2D eigenvalue weighted by Crippen LogP contribution is -2.48. The number of Topliss-reactive ketones (excluding diaryl/α,β-unsaturated/α-hetero) is 1. The van der Waals surface area contributed by atoms with E-state index in [9.17, 15) is 20.1 Å². The number of ketones is 1. The molecule has 164 valence electrons. The Kier molecular flexibility index (Phi) is 21.2. The predicted molar refractivity (Wildman–Crippen MR) is 96.1 cm³/mol. The van der Waals surface area contributed by atoms with Crippen LogP contribution in [0, 0.1) is 0 Å². The molecule has 27 heavy (non-hydrogen) atoms. The van der Waals surface area contributed by atoms with Gasteiger partial charge in [-0.15, -0.1) is 0 Å². The number of carbonyl (C=O) groups excluding carboxylic acids is 1. The van der Waals surface area contributed by atoms with Gasteiger partial charge in [0.25, 0.3) is 0 Å². The van der Waals surface area contributed by atoms with Crippen molar-refractivity contribution >= 4 is 5.78 Å². The van der Waals surface area contributed by atoms with E-state index in [0.29, 0.717) is 32.8 Å². The highest BCUT2D eigenvalue weighted by molar-refractivity contribution is 5.83. The van der Waals surface area contributed by atoms with Gasteiger partial charge in [-0.25, -0.2) is 0 Å². The number of carbonyl (C=O) groups is 1. The zero-order chi connectivity index (χ0) is 21.1. The molecule has 0 heterocycles. The number of rotatable bonds is 16. The molecule has 0 radical (unpaired) electrons. The molecule has 0 aromatic carbocycles. The first-order valence-corrected chi connectivity index (χ1v) is 9.10. The molecule has 0 aromatic heterocycles. The Morgan fingerprint density at radius 1 is 0.815 bits per heavy atom. The Morgan fingerprint density at radius 3 is 1.74 bits per heavy atom. The number of aliphatic hydroxyl groups is 7. The SMILES string of the molecule is CCCCCC(=O)C(O)C(O)C(O)C(O)CO.OCCOCCOCCO. The molecule has 0 aliphatic heterocycles. The van der Waals surface area contributed by atoms with Crippen LogP contribution in [0.2, 0.25) is 0 Å². The average Bonchev–Trinajstić information content (AvgIpc) is 2.68. The van der Waals surface area contributed by atoms with Crippen LogP contribution in [0.15, 0.2) is 0 Å². The highest BCUT2D eigenvalue weighted by Crippen LogP contribution is 2.09. The summed E-state index contributed by atoms with van der Waals surface area (Å²) in [4.78, 5) is 11.4. The van der Waals surface area contributed by atoms with Crippen LogP contribution >= 0.6 is 0 Å². The van der Waals surface area contributed by atoms with E-state index in [1.165, 1.54) is 0 Å². The van der Waals surface area contributed by atoms with E-state index < -0.39 is 36.8 Å². The summed E-state index contributed by atoms with van der Waals surface area (Å²) in [5, 5.41) is 62.3. The van der Waals surface area contributed by atoms with Gasteiger partial charge in [-0.1, -0.05) is 19.8 Å². The molecule has 4 unspecified atom stereocenters. The molecule has 0 bridgehead atoms. The van der Waals surface area contributed by atoms with Gasteiger partial charge in [0.05, 0.1) is 46.2 Å². The monoisotopic (exact) mass is 400 g/mol. The second-order valence-electron chi connectivity index (χ2n) is 5.77. The second-order valence-corrected chi connectivity index (χ2v) is 5.77. The minimum absolute atomic E-state index is 0.0417. The average molecular weight is 400 g/mol. The third-order valence-electron chi connectivity index (χ3n) is 3.45. The van der Waals surface area contributed by atoms with Crippen LogP contribution in [0.25, 0.3) is 0 Å². The maximum Gasteiger partial charge on any atom is 0.164 e. The van der Waals surface area contributed by atoms with Crippen LogP contribution in [0.3, 0.4) is 0 Å². The van der Waals surface area contributed by atoms with Gasteiger partial charge in [0.2, 0.25) is 0 Å². The molecule has 0 saturated carbocycles. The Labute approximate surface area is 160 Å². The van der Waals surface area contributed by atoms with Crippen LogP contribution in [-0.2, 0) is 14.3 Å². The predicted octanol–water partition coefficient (Wildman–Crippen LogP) is -2.42. The number of hydrogen-bond acceptors (Lipinski definition) is 10. The molecule has 0 spiro atoms. The molecule has 7 N–H and O–H groups in total. The summed E-state index contributed by atoms with van der Waals surface area (Å²) >= 11 is 0. The van der Waals surface area contributed by atoms with Gasteiger partial charge in [0.1, 0.15) is 24.4 Å². The smallest absolute Gasteiger partial charge is 0.164 e. The largest absolute Gasteiger partial charge is 0.394 e. The Hall–Kier alpha value is -0.690. The van der Waals surface area contributed by atoms with Gasteiger partial charge in [-0.2, -0.15) is 0 Å². The third-order valence-corrected chi connectivity index (χ3v) is 3.45. The molecule has 4 atom stereocenters. The van der Waals surface area contributed by atoms with E-state index in [-0.39, 0.29) is 19.6 Å². The maximum atomic E-state index is 11.4. The van der Waals surface area contributed by atoms with Gasteiger partial charge < -0.3 is 45.2 Å². The summed E-state index contributed by atoms with van der Waals surface area (Å²) < 4.78 is 9.75. The van der Waals surface area contributed by atoms with Crippen molar-refractivity contribution in [1.82, 2.24) is 0 Å². The molecule has 0 fully saturated rings. The lowest BCUT2D eigenvalue weighted by atomic mass is 9.97. The van der Waals surface area contributed by atoms with Crippen LogP contribution < -0.4 is 0 Å². The highest BCUT2D eigenvalue weighted by atomic mass is 16.5. The molecular formula is C17H36O10. The van der Waals surface area contributed by atoms with Crippen LogP contribution in [0.5, 0.6) is 0 Å². The fourth-order valence-electron chi connectivity index (χ4n) is 1.86. The lowest BCUT2D eigenvalue weighted by molar-refractivity contribution is -0.147. The summed E-state index contributed by atoms with van der Waals surface area (Å²) in [7, 11) is 0. The van der Waals surface area contributed by atoms with Gasteiger partial charge in [0.15, 0.2) is 5.78 Å². The molecule has 0 amide bonds. The molecule has 0 aromatic rings. The lowest BCUT2D eigenvalue weighted by Gasteiger charge is -2.24. The third kappa shape index (κ3) is 16.0. The van der Waals surface area contributed by atoms with Gasteiger partial charge in [-0.05, 0) is 6.42 Å². The first-order valence-electron chi connectivity index (χ1n) is 9.10. The maximum absolute atomic E-state index is 11.4. The molecule has 0 rings (SSSR count). The molecular weight excluding hydrogens is 364 g/mol. The first kappa shape index (κ1) is 28.5. The van der Waals surface area contributed by atoms with E-state index in [0.717, 1.165) is 12.8 Å². The second kappa shape index (κ2) is 20.1. The van der Waals surface area contributed by atoms with Gasteiger partial charge in [-0.3, -0.25) is 4.79 Å². The summed E-state index contributed by atoms with van der Waals surface area (Å²) in [6.45, 7) is 2.94. The zero-order valence-corrected chi connectivity index (χ0v) is 15.9. The quantitative estimate of drug-likeness (QED) is 0.138. The fraction of sp³-hybridized carbons (Fsp3) is 0.941. The van der Waals surface area contributed by atoms with Crippen molar-refractivity contribution in [2.45, 2.75) is 57.0 Å². The summed E-state index contributed by atoms with van der Waals surface area (Å²) in [5.41, 5.74) is 0. The molecule has 10 nitrogen and oxygen atoms in total. The van der Waals surface area contributed by atoms with E-state index in [1.807, 2.05) is 6.92 Å². The molecule has 0 aliphatic carbocycles. The minimum Gasteiger partial charge on any atom is -0.394 e. The number of aliphatic hydroxyl groups excluding tert-OH is 7. The van der Waals surface area contributed by atoms with Crippen LogP contribution in [-0.4, -0.2) is 112 Å². The van der Waals surface area contributed by atoms with Crippen molar-refractivity contribution in [1.29, 1.82) is 0 Å². The van der Waals surface area contributed by atoms with E-state index in [1.54, 1.807) is 0 Å². The normalized spacial score (nSPS) is 15.4. The van der Waals surface area contributed by atoms with Crippen LogP contribution in [0.1, 0.15) is 32.6 Å². The van der Waals surface area contributed by atoms with E-state index in [4.69, 9.17) is 29.9 Å². The fourth-order valence-corrected chi connectivity index (χ4v) is 1.86.